The predicted octanol–water partition coefficient (Wildman–Crippen LogP) is 2.35. The van der Waals surface area contributed by atoms with Gasteiger partial charge < -0.3 is 14.5 Å². The quantitative estimate of drug-likeness (QED) is 0.776. The van der Waals surface area contributed by atoms with Crippen molar-refractivity contribution in [3.05, 3.63) is 53.9 Å². The standard InChI is InChI=1S/C21H23FN4O3/c1-15-18(11-23-14-24-15)20(28)25-8-3-6-21(7-9-25)13-26(19(27)12-29-21)17-5-2-4-16(22)10-17/h2,4-5,10-11,14H,3,6-9,12-13H2,1H3. The summed E-state index contributed by atoms with van der Waals surface area (Å²) in [4.78, 5) is 36.8. The second kappa shape index (κ2) is 7.87. The number of aromatic nitrogens is 2. The summed E-state index contributed by atoms with van der Waals surface area (Å²) in [6.45, 7) is 3.21. The molecule has 29 heavy (non-hydrogen) atoms. The lowest BCUT2D eigenvalue weighted by Gasteiger charge is -2.42. The first kappa shape index (κ1) is 19.4. The molecular formula is C21H23FN4O3. The van der Waals surface area contributed by atoms with Crippen molar-refractivity contribution in [2.45, 2.75) is 31.8 Å². The van der Waals surface area contributed by atoms with Crippen LogP contribution in [0.2, 0.25) is 0 Å². The first-order chi connectivity index (χ1) is 14.0. The Hall–Kier alpha value is -2.87. The lowest BCUT2D eigenvalue weighted by atomic mass is 9.92. The minimum absolute atomic E-state index is 0.0455. The van der Waals surface area contributed by atoms with Crippen LogP contribution in [0, 0.1) is 12.7 Å². The number of aryl methyl sites for hydroxylation is 1. The molecule has 0 radical (unpaired) electrons. The van der Waals surface area contributed by atoms with E-state index in [-0.39, 0.29) is 24.2 Å². The largest absolute Gasteiger partial charge is 0.363 e. The van der Waals surface area contributed by atoms with Gasteiger partial charge in [-0.25, -0.2) is 14.4 Å². The van der Waals surface area contributed by atoms with Gasteiger partial charge in [-0.1, -0.05) is 6.07 Å². The van der Waals surface area contributed by atoms with Crippen molar-refractivity contribution in [2.75, 3.05) is 31.1 Å². The molecule has 0 N–H and O–H groups in total. The maximum absolute atomic E-state index is 13.7. The first-order valence-electron chi connectivity index (χ1n) is 9.73. The Kier molecular flexibility index (Phi) is 5.27. The summed E-state index contributed by atoms with van der Waals surface area (Å²) in [6, 6.07) is 6.04. The van der Waals surface area contributed by atoms with Crippen LogP contribution in [0.3, 0.4) is 0 Å². The number of nitrogens with zero attached hydrogens (tertiary/aromatic N) is 4. The molecule has 2 saturated heterocycles. The number of rotatable bonds is 2. The van der Waals surface area contributed by atoms with Gasteiger partial charge >= 0.3 is 0 Å². The molecule has 1 aromatic carbocycles. The van der Waals surface area contributed by atoms with Crippen molar-refractivity contribution >= 4 is 17.5 Å². The van der Waals surface area contributed by atoms with Crippen molar-refractivity contribution in [1.29, 1.82) is 0 Å². The highest BCUT2D eigenvalue weighted by Gasteiger charge is 2.42. The minimum Gasteiger partial charge on any atom is -0.363 e. The highest BCUT2D eigenvalue weighted by atomic mass is 19.1. The van der Waals surface area contributed by atoms with E-state index in [4.69, 9.17) is 4.74 Å². The predicted molar refractivity (Wildman–Crippen MR) is 104 cm³/mol. The fourth-order valence-corrected chi connectivity index (χ4v) is 4.04. The molecule has 0 aliphatic carbocycles. The number of hydrogen-bond donors (Lipinski definition) is 0. The second-order valence-corrected chi connectivity index (χ2v) is 7.60. The molecule has 1 aromatic heterocycles. The number of carbonyl (C=O) groups excluding carboxylic acids is 2. The Balaban J connectivity index is 1.50. The van der Waals surface area contributed by atoms with Crippen LogP contribution in [0.1, 0.15) is 35.3 Å². The molecule has 2 fully saturated rings. The van der Waals surface area contributed by atoms with Gasteiger partial charge in [0.2, 0.25) is 0 Å². The normalized spacial score (nSPS) is 22.6. The Morgan fingerprint density at radius 1 is 1.28 bits per heavy atom. The maximum atomic E-state index is 13.7. The molecule has 0 saturated carbocycles. The highest BCUT2D eigenvalue weighted by Crippen LogP contribution is 2.33. The van der Waals surface area contributed by atoms with Gasteiger partial charge in [0.25, 0.3) is 11.8 Å². The molecule has 3 heterocycles. The van der Waals surface area contributed by atoms with E-state index >= 15 is 0 Å². The molecule has 4 rings (SSSR count). The van der Waals surface area contributed by atoms with Crippen LogP contribution in [-0.2, 0) is 9.53 Å². The van der Waals surface area contributed by atoms with Crippen LogP contribution in [0.25, 0.3) is 0 Å². The zero-order valence-electron chi connectivity index (χ0n) is 16.3. The summed E-state index contributed by atoms with van der Waals surface area (Å²) >= 11 is 0. The number of likely N-dealkylation sites (tertiary alicyclic amines) is 1. The number of morpholine rings is 1. The van der Waals surface area contributed by atoms with E-state index in [9.17, 15) is 14.0 Å². The summed E-state index contributed by atoms with van der Waals surface area (Å²) < 4.78 is 19.6. The zero-order valence-corrected chi connectivity index (χ0v) is 16.3. The zero-order chi connectivity index (χ0) is 20.4. The van der Waals surface area contributed by atoms with Gasteiger partial charge in [0.05, 0.1) is 23.4 Å². The van der Waals surface area contributed by atoms with Gasteiger partial charge in [0, 0.05) is 25.0 Å². The van der Waals surface area contributed by atoms with E-state index in [0.29, 0.717) is 43.0 Å². The van der Waals surface area contributed by atoms with Gasteiger partial charge in [-0.05, 0) is 44.4 Å². The maximum Gasteiger partial charge on any atom is 0.257 e. The number of ether oxygens (including phenoxy) is 1. The van der Waals surface area contributed by atoms with Crippen LogP contribution >= 0.6 is 0 Å². The molecule has 2 aromatic rings. The molecule has 1 spiro atoms. The van der Waals surface area contributed by atoms with Crippen molar-refractivity contribution in [2.24, 2.45) is 0 Å². The first-order valence-corrected chi connectivity index (χ1v) is 9.73. The molecule has 8 heteroatoms. The minimum atomic E-state index is -0.544. The van der Waals surface area contributed by atoms with Crippen LogP contribution in [0.5, 0.6) is 0 Å². The van der Waals surface area contributed by atoms with Gasteiger partial charge in [-0.3, -0.25) is 9.59 Å². The van der Waals surface area contributed by atoms with E-state index in [1.54, 1.807) is 35.1 Å². The second-order valence-electron chi connectivity index (χ2n) is 7.60. The number of halogens is 1. The van der Waals surface area contributed by atoms with Crippen LogP contribution in [-0.4, -0.2) is 58.5 Å². The fourth-order valence-electron chi connectivity index (χ4n) is 4.04. The van der Waals surface area contributed by atoms with Gasteiger partial charge in [-0.15, -0.1) is 0 Å². The van der Waals surface area contributed by atoms with E-state index in [1.807, 2.05) is 0 Å². The summed E-state index contributed by atoms with van der Waals surface area (Å²) in [5.41, 5.74) is 1.15. The summed E-state index contributed by atoms with van der Waals surface area (Å²) in [7, 11) is 0. The van der Waals surface area contributed by atoms with Crippen LogP contribution < -0.4 is 4.90 Å². The van der Waals surface area contributed by atoms with Crippen molar-refractivity contribution < 1.29 is 18.7 Å². The smallest absolute Gasteiger partial charge is 0.257 e. The fraction of sp³-hybridized carbons (Fsp3) is 0.429. The van der Waals surface area contributed by atoms with E-state index in [0.717, 1.165) is 12.8 Å². The van der Waals surface area contributed by atoms with Crippen LogP contribution in [0.15, 0.2) is 36.8 Å². The van der Waals surface area contributed by atoms with Crippen LogP contribution in [0.4, 0.5) is 10.1 Å². The van der Waals surface area contributed by atoms with E-state index in [1.165, 1.54) is 18.5 Å². The molecular weight excluding hydrogens is 375 g/mol. The third-order valence-corrected chi connectivity index (χ3v) is 5.70. The number of hydrogen-bond acceptors (Lipinski definition) is 5. The van der Waals surface area contributed by atoms with E-state index < -0.39 is 5.60 Å². The molecule has 2 aliphatic rings. The Labute approximate surface area is 168 Å². The summed E-state index contributed by atoms with van der Waals surface area (Å²) in [6.07, 6.45) is 5.05. The Morgan fingerprint density at radius 2 is 2.14 bits per heavy atom. The number of amides is 2. The number of benzene rings is 1. The van der Waals surface area contributed by atoms with Gasteiger partial charge in [-0.2, -0.15) is 0 Å². The Morgan fingerprint density at radius 3 is 2.93 bits per heavy atom. The molecule has 152 valence electrons. The summed E-state index contributed by atoms with van der Waals surface area (Å²) in [5, 5.41) is 0. The molecule has 1 atom stereocenters. The SMILES string of the molecule is Cc1ncncc1C(=O)N1CCCC2(CC1)CN(c1cccc(F)c1)C(=O)CO2. The highest BCUT2D eigenvalue weighted by molar-refractivity contribution is 5.95. The lowest BCUT2D eigenvalue weighted by molar-refractivity contribution is -0.140. The third kappa shape index (κ3) is 3.98. The van der Waals surface area contributed by atoms with Crippen molar-refractivity contribution in [3.63, 3.8) is 0 Å². The monoisotopic (exact) mass is 398 g/mol. The molecule has 0 bridgehead atoms. The van der Waals surface area contributed by atoms with E-state index in [2.05, 4.69) is 9.97 Å². The van der Waals surface area contributed by atoms with Crippen molar-refractivity contribution in [1.82, 2.24) is 14.9 Å². The third-order valence-electron chi connectivity index (χ3n) is 5.70. The average molecular weight is 398 g/mol. The van der Waals surface area contributed by atoms with Crippen molar-refractivity contribution in [3.8, 4) is 0 Å². The number of anilines is 1. The molecule has 2 aliphatic heterocycles. The summed E-state index contributed by atoms with van der Waals surface area (Å²) in [5.74, 6) is -0.654. The molecule has 1 unspecified atom stereocenters. The van der Waals surface area contributed by atoms with Gasteiger partial charge in [0.15, 0.2) is 0 Å². The lowest BCUT2D eigenvalue weighted by Crippen LogP contribution is -2.55. The van der Waals surface area contributed by atoms with Gasteiger partial charge in [0.1, 0.15) is 18.8 Å². The Bertz CT molecular complexity index is 938. The molecule has 2 amide bonds. The topological polar surface area (TPSA) is 75.6 Å². The number of carbonyl (C=O) groups is 2. The average Bonchev–Trinajstić information content (AvgIpc) is 2.93. The molecule has 7 nitrogen and oxygen atoms in total.